The second-order valence-electron chi connectivity index (χ2n) is 6.41. The summed E-state index contributed by atoms with van der Waals surface area (Å²) in [4.78, 5) is 22.7. The van der Waals surface area contributed by atoms with Crippen LogP contribution in [-0.4, -0.2) is 35.5 Å². The lowest BCUT2D eigenvalue weighted by Crippen LogP contribution is -2.38. The van der Waals surface area contributed by atoms with Crippen molar-refractivity contribution in [3.8, 4) is 0 Å². The van der Waals surface area contributed by atoms with Crippen molar-refractivity contribution in [3.63, 3.8) is 0 Å². The molecule has 1 aromatic heterocycles. The summed E-state index contributed by atoms with van der Waals surface area (Å²) in [5.41, 5.74) is 1.20. The Kier molecular flexibility index (Phi) is 4.08. The van der Waals surface area contributed by atoms with E-state index in [9.17, 15) is 4.79 Å². The van der Waals surface area contributed by atoms with E-state index >= 15 is 0 Å². The van der Waals surface area contributed by atoms with Crippen LogP contribution in [0.25, 0.3) is 0 Å². The van der Waals surface area contributed by atoms with E-state index in [0.717, 1.165) is 38.2 Å². The molecule has 2 aliphatic rings. The van der Waals surface area contributed by atoms with Gasteiger partial charge in [-0.2, -0.15) is 0 Å². The van der Waals surface area contributed by atoms with E-state index < -0.39 is 0 Å². The van der Waals surface area contributed by atoms with Crippen LogP contribution in [0.5, 0.6) is 0 Å². The first-order valence-corrected chi connectivity index (χ1v) is 7.97. The highest BCUT2D eigenvalue weighted by Crippen LogP contribution is 2.38. The number of fused-ring (bicyclic) bond motifs is 1. The highest BCUT2D eigenvalue weighted by molar-refractivity contribution is 5.77. The molecule has 0 spiro atoms. The first kappa shape index (κ1) is 14.3. The van der Waals surface area contributed by atoms with Crippen LogP contribution in [-0.2, 0) is 11.2 Å². The molecule has 1 aromatic rings. The van der Waals surface area contributed by atoms with Gasteiger partial charge in [-0.3, -0.25) is 4.79 Å². The van der Waals surface area contributed by atoms with E-state index in [4.69, 9.17) is 0 Å². The highest BCUT2D eigenvalue weighted by Gasteiger charge is 2.40. The van der Waals surface area contributed by atoms with Crippen LogP contribution in [0, 0.1) is 11.8 Å². The van der Waals surface area contributed by atoms with Gasteiger partial charge in [0.2, 0.25) is 11.9 Å². The maximum absolute atomic E-state index is 11.5. The molecular weight excluding hydrogens is 264 g/mol. The topological polar surface area (TPSA) is 58.1 Å². The number of nitrogens with zero attached hydrogens (tertiary/aromatic N) is 3. The average Bonchev–Trinajstić information content (AvgIpc) is 2.90. The summed E-state index contributed by atoms with van der Waals surface area (Å²) in [5.74, 6) is 2.16. The summed E-state index contributed by atoms with van der Waals surface area (Å²) in [6.07, 6.45) is 8.92. The molecule has 0 bridgehead atoms. The van der Waals surface area contributed by atoms with Crippen LogP contribution in [0.1, 0.15) is 38.2 Å². The van der Waals surface area contributed by atoms with Crippen molar-refractivity contribution in [1.29, 1.82) is 0 Å². The maximum atomic E-state index is 11.5. The van der Waals surface area contributed by atoms with Crippen LogP contribution < -0.4 is 10.2 Å². The van der Waals surface area contributed by atoms with Crippen molar-refractivity contribution in [1.82, 2.24) is 15.3 Å². The second-order valence-corrected chi connectivity index (χ2v) is 6.41. The zero-order valence-electron chi connectivity index (χ0n) is 12.9. The molecule has 3 atom stereocenters. The van der Waals surface area contributed by atoms with Gasteiger partial charge in [-0.25, -0.2) is 9.97 Å². The third-order valence-electron chi connectivity index (χ3n) is 4.92. The summed E-state index contributed by atoms with van der Waals surface area (Å²) in [5, 5.41) is 2.99. The highest BCUT2D eigenvalue weighted by atomic mass is 16.1. The van der Waals surface area contributed by atoms with Crippen LogP contribution in [0.4, 0.5) is 5.95 Å². The van der Waals surface area contributed by atoms with Crippen molar-refractivity contribution < 1.29 is 4.79 Å². The maximum Gasteiger partial charge on any atom is 0.225 e. The summed E-state index contributed by atoms with van der Waals surface area (Å²) >= 11 is 0. The Morgan fingerprint density at radius 1 is 1.29 bits per heavy atom. The Morgan fingerprint density at radius 3 is 2.71 bits per heavy atom. The zero-order valence-corrected chi connectivity index (χ0v) is 12.9. The average molecular weight is 288 g/mol. The molecule has 2 heterocycles. The third kappa shape index (κ3) is 3.01. The molecule has 1 aliphatic heterocycles. The Bertz CT molecular complexity index is 502. The van der Waals surface area contributed by atoms with Gasteiger partial charge in [-0.1, -0.05) is 13.3 Å². The summed E-state index contributed by atoms with van der Waals surface area (Å²) in [6.45, 7) is 3.00. The molecule has 1 saturated heterocycles. The van der Waals surface area contributed by atoms with E-state index in [1.165, 1.54) is 5.56 Å². The monoisotopic (exact) mass is 288 g/mol. The zero-order chi connectivity index (χ0) is 14.8. The Hall–Kier alpha value is -1.65. The lowest BCUT2D eigenvalue weighted by atomic mass is 9.89. The molecular formula is C16H24N4O. The fourth-order valence-electron chi connectivity index (χ4n) is 3.66. The molecule has 5 nitrogen and oxygen atoms in total. The minimum Gasteiger partial charge on any atom is -0.356 e. The largest absolute Gasteiger partial charge is 0.356 e. The number of rotatable bonds is 4. The number of aromatic nitrogens is 2. The van der Waals surface area contributed by atoms with Gasteiger partial charge in [-0.15, -0.1) is 0 Å². The molecule has 21 heavy (non-hydrogen) atoms. The van der Waals surface area contributed by atoms with Gasteiger partial charge < -0.3 is 10.2 Å². The molecule has 114 valence electrons. The molecule has 1 amide bonds. The smallest absolute Gasteiger partial charge is 0.225 e. The minimum absolute atomic E-state index is 0.208. The molecule has 0 radical (unpaired) electrons. The molecule has 5 heteroatoms. The van der Waals surface area contributed by atoms with Crippen LogP contribution in [0.2, 0.25) is 0 Å². The van der Waals surface area contributed by atoms with Gasteiger partial charge in [0.25, 0.3) is 0 Å². The third-order valence-corrected chi connectivity index (χ3v) is 4.92. The molecule has 2 fully saturated rings. The lowest BCUT2D eigenvalue weighted by molar-refractivity contribution is -0.124. The molecule has 1 aliphatic carbocycles. The van der Waals surface area contributed by atoms with Gasteiger partial charge in [0.1, 0.15) is 0 Å². The van der Waals surface area contributed by atoms with E-state index in [0.29, 0.717) is 24.3 Å². The Morgan fingerprint density at radius 2 is 2.00 bits per heavy atom. The van der Waals surface area contributed by atoms with Crippen molar-refractivity contribution in [3.05, 3.63) is 18.0 Å². The van der Waals surface area contributed by atoms with E-state index in [1.54, 1.807) is 0 Å². The van der Waals surface area contributed by atoms with Crippen LogP contribution in [0.15, 0.2) is 12.4 Å². The van der Waals surface area contributed by atoms with Crippen molar-refractivity contribution in [2.45, 2.75) is 45.1 Å². The number of hydrogen-bond donors (Lipinski definition) is 1. The first-order chi connectivity index (χ1) is 10.2. The number of nitrogens with one attached hydrogen (secondary N) is 1. The van der Waals surface area contributed by atoms with Gasteiger partial charge in [0.15, 0.2) is 0 Å². The number of carbonyl (C=O) groups is 1. The molecule has 3 rings (SSSR count). The summed E-state index contributed by atoms with van der Waals surface area (Å²) in [6, 6.07) is 0.449. The Balaban J connectivity index is 1.65. The van der Waals surface area contributed by atoms with Gasteiger partial charge in [0.05, 0.1) is 0 Å². The first-order valence-electron chi connectivity index (χ1n) is 7.97. The van der Waals surface area contributed by atoms with Crippen molar-refractivity contribution in [2.24, 2.45) is 11.8 Å². The molecule has 0 aromatic carbocycles. The fourth-order valence-corrected chi connectivity index (χ4v) is 3.66. The number of piperidine rings is 1. The van der Waals surface area contributed by atoms with E-state index in [1.807, 2.05) is 12.4 Å². The van der Waals surface area contributed by atoms with Gasteiger partial charge in [0, 0.05) is 38.4 Å². The lowest BCUT2D eigenvalue weighted by Gasteiger charge is -2.24. The number of amides is 1. The SMILES string of the molecule is CCCc1cnc(N(C)[C@H]2C[C@H]3CC(=O)NC[C@H]3C2)nc1. The van der Waals surface area contributed by atoms with Gasteiger partial charge in [-0.05, 0) is 36.7 Å². The Labute approximate surface area is 126 Å². The summed E-state index contributed by atoms with van der Waals surface area (Å²) < 4.78 is 0. The van der Waals surface area contributed by atoms with Crippen molar-refractivity contribution >= 4 is 11.9 Å². The fraction of sp³-hybridized carbons (Fsp3) is 0.688. The van der Waals surface area contributed by atoms with E-state index in [2.05, 4.69) is 34.2 Å². The predicted molar refractivity (Wildman–Crippen MR) is 82.1 cm³/mol. The molecule has 1 saturated carbocycles. The van der Waals surface area contributed by atoms with Crippen LogP contribution in [0.3, 0.4) is 0 Å². The summed E-state index contributed by atoms with van der Waals surface area (Å²) in [7, 11) is 2.08. The van der Waals surface area contributed by atoms with Crippen LogP contribution >= 0.6 is 0 Å². The predicted octanol–water partition coefficient (Wildman–Crippen LogP) is 1.78. The quantitative estimate of drug-likeness (QED) is 0.917. The second kappa shape index (κ2) is 6.00. The number of hydrogen-bond acceptors (Lipinski definition) is 4. The number of anilines is 1. The minimum atomic E-state index is 0.208. The van der Waals surface area contributed by atoms with Crippen molar-refractivity contribution in [2.75, 3.05) is 18.5 Å². The van der Waals surface area contributed by atoms with E-state index in [-0.39, 0.29) is 5.91 Å². The molecule has 1 N–H and O–H groups in total. The number of aryl methyl sites for hydroxylation is 1. The normalized spacial score (nSPS) is 28.1. The van der Waals surface area contributed by atoms with Gasteiger partial charge >= 0.3 is 0 Å². The standard InChI is InChI=1S/C16H24N4O/c1-3-4-11-8-18-16(19-9-11)20(2)14-5-12-7-15(21)17-10-13(12)6-14/h8-9,12-14H,3-7,10H2,1-2H3,(H,17,21)/t12-,13+,14-/m0/s1. The number of carbonyl (C=O) groups excluding carboxylic acids is 1. The molecule has 0 unspecified atom stereocenters.